The summed E-state index contributed by atoms with van der Waals surface area (Å²) in [6.45, 7) is 8.94. The molecule has 24 atom stereocenters. The lowest BCUT2D eigenvalue weighted by atomic mass is 9.35. The van der Waals surface area contributed by atoms with E-state index in [0.717, 1.165) is 139 Å². The standard InChI is InChI=1S/C73H109N7O7S2/c1-40(82)79-66(74)78-36-49-51-19-18-46-45-14-8-15-47-57(45)59-63(48-29-41-16-17-42-13-9-21-69(42,32-41)60(47)48)67(2,3)33-44(80-28-27-77-39-80)37-88-89-72(22-10-20-68(72)23-25-76-26-24-68)56-31-52(58(46)65(59)86)71(51,38-81)73(56,87)53-30-54(83)62-50(35-75-4)64(85)55(84)34-70(62,61(49)53)43-11-6-5-7-12-43/h27-28,30,39-46,49-52,55-56,58-62,64-65,75-76,81-82,84-87H,5-26,29,31-38H2,1-4H3,(H3,74,78,79)/t40-,41-,42-,44+,45+,46+,49-,50-,51-,52-,55+,56-,58+,59-,60+,61+,62+,64-,65+,69+,70+,71-,72-,73+/m1/s1. The minimum Gasteiger partial charge on any atom is -0.396 e. The molecule has 6 bridgehead atoms. The molecule has 15 aliphatic rings. The predicted octanol–water partition coefficient (Wildman–Crippen LogP) is 9.66. The second-order valence-electron chi connectivity index (χ2n) is 33.8. The smallest absolute Gasteiger partial charge is 0.190 e. The molecule has 11 N–H and O–H groups in total. The molecular weight excluding hydrogens is 1150 g/mol. The number of aromatic nitrogens is 2. The molecule has 16 rings (SSSR count). The highest BCUT2D eigenvalue weighted by atomic mass is 33.1. The number of aliphatic hydroxyl groups is 6. The number of guanidine groups is 1. The van der Waals surface area contributed by atoms with Gasteiger partial charge in [0.15, 0.2) is 11.7 Å². The zero-order chi connectivity index (χ0) is 61.4. The lowest BCUT2D eigenvalue weighted by Crippen LogP contribution is -2.74. The van der Waals surface area contributed by atoms with Crippen molar-refractivity contribution in [3.05, 3.63) is 52.7 Å². The fraction of sp³-hybridized carbons (Fsp3) is 0.849. The summed E-state index contributed by atoms with van der Waals surface area (Å²) in [5.74, 6) is -0.166. The highest BCUT2D eigenvalue weighted by Gasteiger charge is 2.83. The first-order valence-corrected chi connectivity index (χ1v) is 38.7. The zero-order valence-electron chi connectivity index (χ0n) is 54.1. The summed E-state index contributed by atoms with van der Waals surface area (Å²) in [5.41, 5.74) is 10.4. The van der Waals surface area contributed by atoms with Crippen LogP contribution in [-0.2, 0) is 4.79 Å². The third-order valence-corrected chi connectivity index (χ3v) is 34.0. The number of allylic oxidation sites excluding steroid dienone is 3. The van der Waals surface area contributed by atoms with Crippen LogP contribution in [0.2, 0.25) is 0 Å². The number of ketones is 1. The van der Waals surface area contributed by atoms with E-state index in [1.807, 2.05) is 30.1 Å². The summed E-state index contributed by atoms with van der Waals surface area (Å²) in [5, 5.41) is 91.7. The maximum atomic E-state index is 16.6. The van der Waals surface area contributed by atoms with Crippen LogP contribution in [0.3, 0.4) is 0 Å². The van der Waals surface area contributed by atoms with Crippen molar-refractivity contribution >= 4 is 33.3 Å². The molecule has 2 saturated heterocycles. The van der Waals surface area contributed by atoms with E-state index in [-0.39, 0.29) is 107 Å². The molecule has 3 spiro atoms. The van der Waals surface area contributed by atoms with E-state index in [1.165, 1.54) is 38.5 Å². The molecule has 3 heterocycles. The molecule has 14 nitrogen and oxygen atoms in total. The van der Waals surface area contributed by atoms with Crippen LogP contribution in [0.25, 0.3) is 0 Å². The summed E-state index contributed by atoms with van der Waals surface area (Å²) in [6.07, 6.45) is 30.1. The number of carbonyl (C=O) groups is 1. The number of imidazole rings is 1. The van der Waals surface area contributed by atoms with E-state index < -0.39 is 63.5 Å². The van der Waals surface area contributed by atoms with Crippen molar-refractivity contribution in [1.82, 2.24) is 25.5 Å². The third kappa shape index (κ3) is 8.45. The van der Waals surface area contributed by atoms with Crippen LogP contribution in [0.4, 0.5) is 0 Å². The predicted molar refractivity (Wildman–Crippen MR) is 351 cm³/mol. The highest BCUT2D eigenvalue weighted by Crippen LogP contribution is 2.83. The SMILES string of the molecule is CNC[C@H]1[C@@H](O)[C@@H](O)C[C@@]2(C3CCCCC3)[C@@H]1C(=O)C=C1[C@@H]2[C@H](CN=C(N)N[C@@H](C)O)[C@H]2CC[C@@H]3[C@@H]4[C@H](O)[C@@H]5C6=C(CCC[C@H]63)[C@H]3C(=C5C(C)(C)C[C@H](n5ccnc5)CSS[C@]5(CCCC56CCNCC6)[C@H]5C[C@H]4[C@]2(CO)[C@]15O)C[C@H]1CC[C@H]2CCC[C@]23C1. The Morgan fingerprint density at radius 2 is 1.70 bits per heavy atom. The minimum absolute atomic E-state index is 0.0196. The second kappa shape index (κ2) is 22.4. The van der Waals surface area contributed by atoms with Gasteiger partial charge in [0, 0.05) is 77.0 Å². The number of nitrogens with two attached hydrogens (primary N) is 1. The van der Waals surface area contributed by atoms with Crippen LogP contribution in [0, 0.1) is 116 Å². The molecule has 1 aromatic rings. The molecule has 0 aromatic carbocycles. The van der Waals surface area contributed by atoms with Gasteiger partial charge in [0.1, 0.15) is 6.23 Å². The van der Waals surface area contributed by atoms with Crippen LogP contribution in [0.5, 0.6) is 0 Å². The van der Waals surface area contributed by atoms with Gasteiger partial charge in [-0.1, -0.05) is 89.8 Å². The fourth-order valence-electron chi connectivity index (χ4n) is 28.3. The number of nitrogens with zero attached hydrogens (tertiary/aromatic N) is 3. The summed E-state index contributed by atoms with van der Waals surface area (Å²) < 4.78 is 1.93. The first kappa shape index (κ1) is 61.6. The Morgan fingerprint density at radius 1 is 0.888 bits per heavy atom. The van der Waals surface area contributed by atoms with Crippen LogP contribution in [0.15, 0.2) is 57.7 Å². The average Bonchev–Trinajstić information content (AvgIpc) is 1.56. The Morgan fingerprint density at radius 3 is 2.46 bits per heavy atom. The number of piperidine rings is 1. The summed E-state index contributed by atoms with van der Waals surface area (Å²) in [6, 6.07) is 0.115. The van der Waals surface area contributed by atoms with Gasteiger partial charge in [0.2, 0.25) is 0 Å². The number of hydrogen-bond donors (Lipinski definition) is 10. The number of fused-ring (bicyclic) bond motifs is 12. The quantitative estimate of drug-likeness (QED) is 0.0384. The second-order valence-corrected chi connectivity index (χ2v) is 36.4. The third-order valence-electron chi connectivity index (χ3n) is 30.5. The van der Waals surface area contributed by atoms with Crippen molar-refractivity contribution in [2.75, 3.05) is 45.6 Å². The van der Waals surface area contributed by atoms with E-state index in [0.29, 0.717) is 24.8 Å². The van der Waals surface area contributed by atoms with Gasteiger partial charge in [-0.2, -0.15) is 0 Å². The molecular formula is C73H109N7O7S2. The normalized spacial score (nSPS) is 49.1. The first-order valence-electron chi connectivity index (χ1n) is 36.4. The number of aliphatic hydroxyl groups excluding tert-OH is 5. The van der Waals surface area contributed by atoms with Crippen molar-refractivity contribution in [2.24, 2.45) is 127 Å². The van der Waals surface area contributed by atoms with Crippen molar-refractivity contribution in [1.29, 1.82) is 0 Å². The molecule has 0 unspecified atom stereocenters. The van der Waals surface area contributed by atoms with Crippen LogP contribution in [0.1, 0.15) is 187 Å². The lowest BCUT2D eigenvalue weighted by Gasteiger charge is -2.70. The molecule has 16 heteroatoms. The summed E-state index contributed by atoms with van der Waals surface area (Å²) in [7, 11) is 6.01. The number of hydrogen-bond acceptors (Lipinski definition) is 13. The summed E-state index contributed by atoms with van der Waals surface area (Å²) in [4.78, 5) is 26.7. The first-order chi connectivity index (χ1) is 42.9. The van der Waals surface area contributed by atoms with Gasteiger partial charge in [-0.3, -0.25) is 9.79 Å². The van der Waals surface area contributed by atoms with Gasteiger partial charge in [-0.05, 0) is 248 Å². The van der Waals surface area contributed by atoms with Gasteiger partial charge < -0.3 is 56.9 Å². The van der Waals surface area contributed by atoms with Crippen molar-refractivity contribution in [3.63, 3.8) is 0 Å². The Hall–Kier alpha value is -2.25. The largest absolute Gasteiger partial charge is 0.396 e. The molecule has 13 aliphatic carbocycles. The van der Waals surface area contributed by atoms with Gasteiger partial charge >= 0.3 is 0 Å². The van der Waals surface area contributed by atoms with Gasteiger partial charge in [0.25, 0.3) is 0 Å². The molecule has 490 valence electrons. The zero-order valence-corrected chi connectivity index (χ0v) is 55.7. The molecule has 0 radical (unpaired) electrons. The summed E-state index contributed by atoms with van der Waals surface area (Å²) >= 11 is 0. The average molecular weight is 1260 g/mol. The number of aliphatic imine (C=N–C) groups is 1. The van der Waals surface area contributed by atoms with Gasteiger partial charge in [-0.25, -0.2) is 4.98 Å². The molecule has 0 amide bonds. The van der Waals surface area contributed by atoms with E-state index in [9.17, 15) is 20.4 Å². The van der Waals surface area contributed by atoms with E-state index in [4.69, 9.17) is 15.7 Å². The van der Waals surface area contributed by atoms with Crippen LogP contribution < -0.4 is 21.7 Å². The van der Waals surface area contributed by atoms with E-state index >= 15 is 15.0 Å². The maximum absolute atomic E-state index is 16.6. The highest BCUT2D eigenvalue weighted by molar-refractivity contribution is 8.77. The molecule has 12 fully saturated rings. The molecule has 89 heavy (non-hydrogen) atoms. The Balaban J connectivity index is 0.988. The number of carbonyl (C=O) groups excluding carboxylic acids is 1. The van der Waals surface area contributed by atoms with Crippen molar-refractivity contribution in [2.45, 2.75) is 222 Å². The number of nitrogens with one attached hydrogen (secondary N) is 3. The molecule has 1 aromatic heterocycles. The van der Waals surface area contributed by atoms with Crippen molar-refractivity contribution in [3.8, 4) is 0 Å². The van der Waals surface area contributed by atoms with Gasteiger partial charge in [-0.15, -0.1) is 0 Å². The monoisotopic (exact) mass is 1260 g/mol. The van der Waals surface area contributed by atoms with Crippen LogP contribution >= 0.6 is 21.6 Å². The Bertz CT molecular complexity index is 3030. The fourth-order valence-corrected chi connectivity index (χ4v) is 32.6. The topological polar surface area (TPSA) is 231 Å². The van der Waals surface area contributed by atoms with Gasteiger partial charge in [0.05, 0.1) is 36.8 Å². The molecule has 10 saturated carbocycles. The molecule has 2 aliphatic heterocycles. The Labute approximate surface area is 538 Å². The number of rotatable bonds is 8. The Kier molecular flexibility index (Phi) is 15.5. The van der Waals surface area contributed by atoms with E-state index in [2.05, 4.69) is 57.7 Å². The van der Waals surface area contributed by atoms with Crippen molar-refractivity contribution < 1.29 is 35.4 Å². The lowest BCUT2D eigenvalue weighted by molar-refractivity contribution is -0.233. The van der Waals surface area contributed by atoms with E-state index in [1.54, 1.807) is 29.2 Å². The minimum atomic E-state index is -1.70. The maximum Gasteiger partial charge on any atom is 0.190 e. The van der Waals surface area contributed by atoms with Crippen LogP contribution in [-0.4, -0.2) is 132 Å².